The predicted octanol–water partition coefficient (Wildman–Crippen LogP) is 4.48. The van der Waals surface area contributed by atoms with Crippen molar-refractivity contribution in [2.45, 2.75) is 19.8 Å². The Balaban J connectivity index is 1.95. The van der Waals surface area contributed by atoms with Crippen LogP contribution in [0.15, 0.2) is 53.9 Å². The van der Waals surface area contributed by atoms with E-state index in [2.05, 4.69) is 13.0 Å². The third-order valence-corrected chi connectivity index (χ3v) is 6.25. The van der Waals surface area contributed by atoms with Crippen LogP contribution in [0.1, 0.15) is 28.8 Å². The van der Waals surface area contributed by atoms with Crippen LogP contribution in [0, 0.1) is 6.92 Å². The highest BCUT2D eigenvalue weighted by Crippen LogP contribution is 2.51. The first-order valence-corrected chi connectivity index (χ1v) is 9.87. The van der Waals surface area contributed by atoms with Gasteiger partial charge in [0.15, 0.2) is 5.75 Å². The number of rotatable bonds is 4. The number of nitrogens with two attached hydrogens (primary N) is 1. The first kappa shape index (κ1) is 18.4. The average molecular weight is 395 g/mol. The lowest BCUT2D eigenvalue weighted by molar-refractivity contribution is -0.139. The number of carbonyl (C=O) groups is 1. The Hall–Kier alpha value is -2.99. The van der Waals surface area contributed by atoms with Gasteiger partial charge in [0.1, 0.15) is 11.3 Å². The molecule has 1 aliphatic rings. The smallest absolute Gasteiger partial charge is 0.340 e. The molecule has 3 aromatic rings. The maximum Gasteiger partial charge on any atom is 0.340 e. The fourth-order valence-corrected chi connectivity index (χ4v) is 4.87. The van der Waals surface area contributed by atoms with Crippen molar-refractivity contribution in [3.63, 3.8) is 0 Å². The van der Waals surface area contributed by atoms with Gasteiger partial charge < -0.3 is 19.9 Å². The third kappa shape index (κ3) is 2.90. The fraction of sp³-hybridized carbons (Fsp3) is 0.227. The molecule has 2 heterocycles. The van der Waals surface area contributed by atoms with Gasteiger partial charge in [0.25, 0.3) is 0 Å². The minimum Gasteiger partial charge on any atom is -0.497 e. The maximum atomic E-state index is 12.7. The Kier molecular flexibility index (Phi) is 4.73. The molecule has 5 nitrogen and oxygen atoms in total. The Labute approximate surface area is 167 Å². The van der Waals surface area contributed by atoms with Crippen LogP contribution in [-0.4, -0.2) is 19.7 Å². The first-order valence-electron chi connectivity index (χ1n) is 9.05. The first-order chi connectivity index (χ1) is 13.5. The Bertz CT molecular complexity index is 1080. The number of methoxy groups -OCH3 is 1. The lowest BCUT2D eigenvalue weighted by atomic mass is 9.87. The van der Waals surface area contributed by atoms with Crippen LogP contribution >= 0.6 is 11.3 Å². The highest BCUT2D eigenvalue weighted by molar-refractivity contribution is 7.19. The van der Waals surface area contributed by atoms with E-state index in [4.69, 9.17) is 19.9 Å². The number of fused-ring (bicyclic) bond motifs is 3. The van der Waals surface area contributed by atoms with Crippen LogP contribution < -0.4 is 15.2 Å². The van der Waals surface area contributed by atoms with E-state index >= 15 is 0 Å². The monoisotopic (exact) mass is 395 g/mol. The van der Waals surface area contributed by atoms with Crippen molar-refractivity contribution in [2.75, 3.05) is 13.7 Å². The molecule has 0 saturated carbocycles. The topological polar surface area (TPSA) is 70.8 Å². The highest BCUT2D eigenvalue weighted by Gasteiger charge is 2.38. The molecule has 0 saturated heterocycles. The second kappa shape index (κ2) is 7.20. The standard InChI is InChI=1S/C22H21NO4S/c1-4-26-22(24)17-16(13-8-10-14(25-3)11-9-13)20-18(27-21(17)23)15-7-5-6-12(2)19(15)28-20/h5-11,16H,4,23H2,1-3H3. The van der Waals surface area contributed by atoms with Gasteiger partial charge in [-0.05, 0) is 43.2 Å². The zero-order valence-electron chi connectivity index (χ0n) is 15.9. The van der Waals surface area contributed by atoms with Crippen molar-refractivity contribution in [1.82, 2.24) is 0 Å². The van der Waals surface area contributed by atoms with Gasteiger partial charge in [-0.3, -0.25) is 0 Å². The van der Waals surface area contributed by atoms with E-state index in [1.165, 1.54) is 0 Å². The van der Waals surface area contributed by atoms with Crippen molar-refractivity contribution < 1.29 is 19.0 Å². The number of thiophene rings is 1. The van der Waals surface area contributed by atoms with Crippen LogP contribution in [0.4, 0.5) is 0 Å². The molecule has 1 atom stereocenters. The second-order valence-corrected chi connectivity index (χ2v) is 7.61. The largest absolute Gasteiger partial charge is 0.497 e. The molecule has 0 amide bonds. The Morgan fingerprint density at radius 3 is 2.64 bits per heavy atom. The Morgan fingerprint density at radius 2 is 1.96 bits per heavy atom. The van der Waals surface area contributed by atoms with Crippen LogP contribution in [0.5, 0.6) is 11.5 Å². The summed E-state index contributed by atoms with van der Waals surface area (Å²) in [4.78, 5) is 13.7. The van der Waals surface area contributed by atoms with Gasteiger partial charge in [-0.15, -0.1) is 11.3 Å². The van der Waals surface area contributed by atoms with Crippen molar-refractivity contribution >= 4 is 27.4 Å². The summed E-state index contributed by atoms with van der Waals surface area (Å²) in [5, 5.41) is 1.00. The van der Waals surface area contributed by atoms with E-state index in [1.54, 1.807) is 25.4 Å². The van der Waals surface area contributed by atoms with Gasteiger partial charge >= 0.3 is 5.97 Å². The van der Waals surface area contributed by atoms with E-state index < -0.39 is 5.97 Å². The zero-order valence-corrected chi connectivity index (χ0v) is 16.8. The molecule has 144 valence electrons. The van der Waals surface area contributed by atoms with E-state index in [1.807, 2.05) is 36.4 Å². The molecule has 0 fully saturated rings. The van der Waals surface area contributed by atoms with E-state index in [9.17, 15) is 4.79 Å². The number of esters is 1. The lowest BCUT2D eigenvalue weighted by Crippen LogP contribution is -2.26. The van der Waals surface area contributed by atoms with Crippen molar-refractivity contribution in [3.8, 4) is 11.5 Å². The average Bonchev–Trinajstić information content (AvgIpc) is 3.07. The summed E-state index contributed by atoms with van der Waals surface area (Å²) < 4.78 is 17.6. The van der Waals surface area contributed by atoms with Crippen molar-refractivity contribution in [3.05, 3.63) is 69.9 Å². The predicted molar refractivity (Wildman–Crippen MR) is 110 cm³/mol. The summed E-state index contributed by atoms with van der Waals surface area (Å²) in [5.74, 6) is 0.743. The van der Waals surface area contributed by atoms with Gasteiger partial charge in [0.05, 0.1) is 24.5 Å². The van der Waals surface area contributed by atoms with Gasteiger partial charge in [-0.1, -0.05) is 24.3 Å². The minimum absolute atomic E-state index is 0.0907. The van der Waals surface area contributed by atoms with Crippen LogP contribution in [0.25, 0.3) is 10.1 Å². The molecular weight excluding hydrogens is 374 g/mol. The molecule has 1 aromatic heterocycles. The number of benzene rings is 2. The van der Waals surface area contributed by atoms with E-state index in [0.29, 0.717) is 5.57 Å². The molecule has 1 unspecified atom stereocenters. The van der Waals surface area contributed by atoms with E-state index in [0.717, 1.165) is 37.6 Å². The zero-order chi connectivity index (χ0) is 19.8. The molecule has 1 aliphatic heterocycles. The number of ether oxygens (including phenoxy) is 3. The normalized spacial score (nSPS) is 15.9. The summed E-state index contributed by atoms with van der Waals surface area (Å²) in [5.41, 5.74) is 8.66. The SMILES string of the molecule is CCOC(=O)C1=C(N)Oc2c(sc3c(C)cccc23)C1c1ccc(OC)cc1. The van der Waals surface area contributed by atoms with Gasteiger partial charge in [0, 0.05) is 10.1 Å². The molecule has 0 aliphatic carbocycles. The summed E-state index contributed by atoms with van der Waals surface area (Å²) in [7, 11) is 1.62. The molecule has 4 rings (SSSR count). The molecule has 0 bridgehead atoms. The summed E-state index contributed by atoms with van der Waals surface area (Å²) in [6.45, 7) is 4.11. The van der Waals surface area contributed by atoms with Crippen LogP contribution in [0.2, 0.25) is 0 Å². The van der Waals surface area contributed by atoms with Crippen molar-refractivity contribution in [2.24, 2.45) is 5.73 Å². The quantitative estimate of drug-likeness (QED) is 0.660. The summed E-state index contributed by atoms with van der Waals surface area (Å²) >= 11 is 1.63. The summed E-state index contributed by atoms with van der Waals surface area (Å²) in [6, 6.07) is 13.7. The number of aryl methyl sites for hydroxylation is 1. The number of hydrogen-bond donors (Lipinski definition) is 1. The van der Waals surface area contributed by atoms with Gasteiger partial charge in [-0.25, -0.2) is 4.79 Å². The molecule has 2 aromatic carbocycles. The third-order valence-electron chi connectivity index (χ3n) is 4.87. The lowest BCUT2D eigenvalue weighted by Gasteiger charge is -2.26. The second-order valence-electron chi connectivity index (χ2n) is 6.55. The molecule has 0 spiro atoms. The highest BCUT2D eigenvalue weighted by atomic mass is 32.1. The molecule has 6 heteroatoms. The molecule has 2 N–H and O–H groups in total. The molecule has 0 radical (unpaired) electrons. The van der Waals surface area contributed by atoms with Gasteiger partial charge in [0.2, 0.25) is 5.88 Å². The van der Waals surface area contributed by atoms with Gasteiger partial charge in [-0.2, -0.15) is 0 Å². The van der Waals surface area contributed by atoms with Crippen LogP contribution in [-0.2, 0) is 9.53 Å². The van der Waals surface area contributed by atoms with Crippen LogP contribution in [0.3, 0.4) is 0 Å². The fourth-order valence-electron chi connectivity index (χ4n) is 3.53. The maximum absolute atomic E-state index is 12.7. The number of hydrogen-bond acceptors (Lipinski definition) is 6. The Morgan fingerprint density at radius 1 is 1.21 bits per heavy atom. The molecule has 28 heavy (non-hydrogen) atoms. The molecular formula is C22H21NO4S. The number of carbonyl (C=O) groups excluding carboxylic acids is 1. The minimum atomic E-state index is -0.458. The van der Waals surface area contributed by atoms with Crippen molar-refractivity contribution in [1.29, 1.82) is 0 Å². The summed E-state index contributed by atoms with van der Waals surface area (Å²) in [6.07, 6.45) is 0. The van der Waals surface area contributed by atoms with E-state index in [-0.39, 0.29) is 18.4 Å².